The molecular weight excluding hydrogens is 569 g/mol. The standard InChI is InChI=1S/C31H60O7Si3/c1-21(22(2)36-39(3,4)5)29-28(35-29)19-27-31(38-41(9,10)11)30(37-40(6,7)8)24(20-34-27)17-25(32)18-26(33)23-15-13-12-14-16-23/h15,21-22,24,26-31,33H,12-14,16-20H2,1-11H3/t21-,22+,24+,26?,27+,28+,29+,30-,31-/m1/s1. The molecule has 10 heteroatoms. The van der Waals surface area contributed by atoms with Crippen molar-refractivity contribution in [2.75, 3.05) is 6.61 Å². The molecule has 0 amide bonds. The van der Waals surface area contributed by atoms with Gasteiger partial charge in [0, 0.05) is 37.2 Å². The predicted molar refractivity (Wildman–Crippen MR) is 173 cm³/mol. The lowest BCUT2D eigenvalue weighted by atomic mass is 9.85. The lowest BCUT2D eigenvalue weighted by Gasteiger charge is -2.47. The molecule has 1 unspecified atom stereocenters. The lowest BCUT2D eigenvalue weighted by Crippen LogP contribution is -2.58. The Morgan fingerprint density at radius 3 is 2.15 bits per heavy atom. The third-order valence-corrected chi connectivity index (χ3v) is 11.2. The van der Waals surface area contributed by atoms with Crippen LogP contribution in [0, 0.1) is 11.8 Å². The molecule has 41 heavy (non-hydrogen) atoms. The van der Waals surface area contributed by atoms with E-state index in [1.54, 1.807) is 0 Å². The maximum absolute atomic E-state index is 13.3. The minimum Gasteiger partial charge on any atom is -0.415 e. The Morgan fingerprint density at radius 1 is 0.951 bits per heavy atom. The van der Waals surface area contributed by atoms with Gasteiger partial charge in [-0.15, -0.1) is 0 Å². The molecule has 3 rings (SSSR count). The monoisotopic (exact) mass is 628 g/mol. The van der Waals surface area contributed by atoms with Gasteiger partial charge in [0.05, 0.1) is 43.2 Å². The molecule has 0 saturated carbocycles. The van der Waals surface area contributed by atoms with Gasteiger partial charge < -0.3 is 27.9 Å². The van der Waals surface area contributed by atoms with Gasteiger partial charge in [-0.25, -0.2) is 0 Å². The van der Waals surface area contributed by atoms with Crippen molar-refractivity contribution in [2.45, 2.75) is 160 Å². The smallest absolute Gasteiger partial charge is 0.184 e. The van der Waals surface area contributed by atoms with Crippen LogP contribution in [0.25, 0.3) is 0 Å². The fourth-order valence-electron chi connectivity index (χ4n) is 6.27. The molecule has 0 spiro atoms. The van der Waals surface area contributed by atoms with Crippen LogP contribution in [-0.2, 0) is 27.5 Å². The van der Waals surface area contributed by atoms with E-state index < -0.39 is 31.1 Å². The Bertz CT molecular complexity index is 892. The van der Waals surface area contributed by atoms with Crippen LogP contribution in [0.15, 0.2) is 11.6 Å². The van der Waals surface area contributed by atoms with E-state index in [9.17, 15) is 9.90 Å². The van der Waals surface area contributed by atoms with Gasteiger partial charge in [0.15, 0.2) is 25.0 Å². The highest BCUT2D eigenvalue weighted by Gasteiger charge is 2.52. The Kier molecular flexibility index (Phi) is 12.3. The number of aliphatic hydroxyl groups excluding tert-OH is 1. The number of ketones is 1. The highest BCUT2D eigenvalue weighted by molar-refractivity contribution is 6.70. The Labute approximate surface area is 253 Å². The fourth-order valence-corrected chi connectivity index (χ4v) is 9.85. The summed E-state index contributed by atoms with van der Waals surface area (Å²) in [5.41, 5.74) is 1.03. The first-order chi connectivity index (χ1) is 18.8. The van der Waals surface area contributed by atoms with E-state index in [0.717, 1.165) is 37.7 Å². The van der Waals surface area contributed by atoms with E-state index in [0.29, 0.717) is 18.9 Å². The quantitative estimate of drug-likeness (QED) is 0.123. The summed E-state index contributed by atoms with van der Waals surface area (Å²) in [7, 11) is -5.57. The molecule has 1 aliphatic carbocycles. The van der Waals surface area contributed by atoms with Gasteiger partial charge in [-0.1, -0.05) is 13.0 Å². The summed E-state index contributed by atoms with van der Waals surface area (Å²) in [5, 5.41) is 10.8. The Balaban J connectivity index is 1.72. The van der Waals surface area contributed by atoms with Gasteiger partial charge in [0.1, 0.15) is 5.78 Å². The predicted octanol–water partition coefficient (Wildman–Crippen LogP) is 6.69. The molecule has 2 aliphatic heterocycles. The molecule has 238 valence electrons. The van der Waals surface area contributed by atoms with Gasteiger partial charge in [-0.2, -0.15) is 0 Å². The zero-order chi connectivity index (χ0) is 30.8. The zero-order valence-corrected chi connectivity index (χ0v) is 30.8. The fraction of sp³-hybridized carbons (Fsp3) is 0.903. The van der Waals surface area contributed by atoms with E-state index >= 15 is 0 Å². The van der Waals surface area contributed by atoms with Crippen LogP contribution in [-0.4, -0.2) is 85.2 Å². The third kappa shape index (κ3) is 11.7. The number of rotatable bonds is 15. The number of epoxide rings is 1. The average molecular weight is 629 g/mol. The topological polar surface area (TPSA) is 86.8 Å². The van der Waals surface area contributed by atoms with E-state index in [-0.39, 0.29) is 54.7 Å². The molecule has 2 fully saturated rings. The van der Waals surface area contributed by atoms with Crippen molar-refractivity contribution in [3.8, 4) is 0 Å². The number of ether oxygens (including phenoxy) is 2. The van der Waals surface area contributed by atoms with Crippen molar-refractivity contribution in [3.05, 3.63) is 11.6 Å². The normalized spacial score (nSPS) is 31.8. The van der Waals surface area contributed by atoms with Crippen LogP contribution >= 0.6 is 0 Å². The van der Waals surface area contributed by atoms with E-state index in [2.05, 4.69) is 78.8 Å². The number of aliphatic hydroxyl groups is 1. The summed E-state index contributed by atoms with van der Waals surface area (Å²) in [6.45, 7) is 24.7. The Hall–Kier alpha value is -0.179. The van der Waals surface area contributed by atoms with Crippen molar-refractivity contribution in [2.24, 2.45) is 11.8 Å². The Morgan fingerprint density at radius 2 is 1.59 bits per heavy atom. The highest BCUT2D eigenvalue weighted by Crippen LogP contribution is 2.40. The maximum Gasteiger partial charge on any atom is 0.184 e. The van der Waals surface area contributed by atoms with Crippen LogP contribution in [0.1, 0.15) is 58.8 Å². The average Bonchev–Trinajstić information content (AvgIpc) is 3.59. The second-order valence-electron chi connectivity index (χ2n) is 15.7. The molecule has 2 saturated heterocycles. The molecule has 0 radical (unpaired) electrons. The van der Waals surface area contributed by atoms with Gasteiger partial charge in [0.2, 0.25) is 0 Å². The zero-order valence-electron chi connectivity index (χ0n) is 27.8. The summed E-state index contributed by atoms with van der Waals surface area (Å²) < 4.78 is 32.8. The molecule has 9 atom stereocenters. The molecule has 2 heterocycles. The van der Waals surface area contributed by atoms with Crippen LogP contribution < -0.4 is 0 Å². The van der Waals surface area contributed by atoms with E-state index in [1.165, 1.54) is 0 Å². The van der Waals surface area contributed by atoms with Crippen molar-refractivity contribution in [1.82, 2.24) is 0 Å². The minimum atomic E-state index is -1.97. The largest absolute Gasteiger partial charge is 0.415 e. The summed E-state index contributed by atoms with van der Waals surface area (Å²) >= 11 is 0. The van der Waals surface area contributed by atoms with E-state index in [1.807, 2.05) is 0 Å². The van der Waals surface area contributed by atoms with Crippen LogP contribution in [0.5, 0.6) is 0 Å². The van der Waals surface area contributed by atoms with Gasteiger partial charge in [-0.05, 0) is 97.1 Å². The molecule has 3 aliphatic rings. The summed E-state index contributed by atoms with van der Waals surface area (Å²) in [6, 6.07) is 0. The number of hydrogen-bond acceptors (Lipinski definition) is 7. The second kappa shape index (κ2) is 14.3. The number of carbonyl (C=O) groups excluding carboxylic acids is 1. The minimum absolute atomic E-state index is 0.0720. The molecule has 0 aromatic heterocycles. The maximum atomic E-state index is 13.3. The molecule has 0 aromatic carbocycles. The second-order valence-corrected chi connectivity index (χ2v) is 29.1. The van der Waals surface area contributed by atoms with E-state index in [4.69, 9.17) is 22.8 Å². The summed E-state index contributed by atoms with van der Waals surface area (Å²) in [5.74, 6) is 0.277. The SMILES string of the molecule is C[C@@H]([C@@H]1O[C@H]1C[C@@H]1OC[C@H](CC(=O)CC(O)C2=CCCCC2)[C@@H](O[Si](C)(C)C)[C@@H]1O[Si](C)(C)C)[C@H](C)O[Si](C)(C)C. The molecule has 0 aromatic rings. The molecular formula is C31H60O7Si3. The number of allylic oxidation sites excluding steroid dienone is 1. The first-order valence-electron chi connectivity index (χ1n) is 16.0. The van der Waals surface area contributed by atoms with Crippen LogP contribution in [0.4, 0.5) is 0 Å². The first kappa shape index (κ1) is 35.3. The van der Waals surface area contributed by atoms with Gasteiger partial charge in [-0.3, -0.25) is 4.79 Å². The lowest BCUT2D eigenvalue weighted by molar-refractivity contribution is -0.159. The first-order valence-corrected chi connectivity index (χ1v) is 26.2. The van der Waals surface area contributed by atoms with Crippen molar-refractivity contribution in [1.29, 1.82) is 0 Å². The summed E-state index contributed by atoms with van der Waals surface area (Å²) in [4.78, 5) is 13.3. The number of hydrogen-bond donors (Lipinski definition) is 1. The summed E-state index contributed by atoms with van der Waals surface area (Å²) in [6.07, 6.45) is 6.64. The van der Waals surface area contributed by atoms with Gasteiger partial charge >= 0.3 is 0 Å². The van der Waals surface area contributed by atoms with Gasteiger partial charge in [0.25, 0.3) is 0 Å². The third-order valence-electron chi connectivity index (χ3n) is 8.21. The van der Waals surface area contributed by atoms with Crippen LogP contribution in [0.3, 0.4) is 0 Å². The number of Topliss-reactive ketones (excluding diaryl/α,β-unsaturated/α-hetero) is 1. The van der Waals surface area contributed by atoms with Crippen molar-refractivity contribution >= 4 is 30.7 Å². The number of carbonyl (C=O) groups is 1. The molecule has 0 bridgehead atoms. The highest BCUT2D eigenvalue weighted by atomic mass is 28.4. The van der Waals surface area contributed by atoms with Crippen molar-refractivity contribution in [3.63, 3.8) is 0 Å². The van der Waals surface area contributed by atoms with Crippen molar-refractivity contribution < 1.29 is 32.7 Å². The molecule has 7 nitrogen and oxygen atoms in total. The van der Waals surface area contributed by atoms with Crippen LogP contribution in [0.2, 0.25) is 58.9 Å². The molecule has 1 N–H and O–H groups in total.